The van der Waals surface area contributed by atoms with Crippen molar-refractivity contribution in [3.63, 3.8) is 0 Å². The van der Waals surface area contributed by atoms with Crippen LogP contribution in [0.25, 0.3) is 0 Å². The van der Waals surface area contributed by atoms with Crippen LogP contribution < -0.4 is 0 Å². The SMILES string of the molecule is CC(OC(c1ccccc1)(c1ccccc1)c1ccccc1)C1C(=O)CC2C1C2(C)C. The number of ketones is 1. The van der Waals surface area contributed by atoms with Crippen LogP contribution in [0.2, 0.25) is 0 Å². The first-order valence-electron chi connectivity index (χ1n) is 11.3. The van der Waals surface area contributed by atoms with Crippen molar-refractivity contribution in [2.45, 2.75) is 38.9 Å². The van der Waals surface area contributed by atoms with Crippen LogP contribution in [0.4, 0.5) is 0 Å². The lowest BCUT2D eigenvalue weighted by molar-refractivity contribution is -0.132. The molecule has 0 amide bonds. The van der Waals surface area contributed by atoms with E-state index in [1.807, 2.05) is 18.2 Å². The second-order valence-corrected chi connectivity index (χ2v) is 9.75. The van der Waals surface area contributed by atoms with Crippen molar-refractivity contribution in [3.8, 4) is 0 Å². The zero-order chi connectivity index (χ0) is 21.6. The minimum absolute atomic E-state index is 0.0458. The van der Waals surface area contributed by atoms with Gasteiger partial charge in [-0.05, 0) is 40.9 Å². The fourth-order valence-corrected chi connectivity index (χ4v) is 6.07. The number of fused-ring (bicyclic) bond motifs is 1. The molecule has 0 radical (unpaired) electrons. The topological polar surface area (TPSA) is 26.3 Å². The van der Waals surface area contributed by atoms with E-state index in [1.54, 1.807) is 0 Å². The van der Waals surface area contributed by atoms with E-state index in [0.29, 0.717) is 24.0 Å². The van der Waals surface area contributed by atoms with Crippen LogP contribution in [0, 0.1) is 23.2 Å². The molecule has 2 heteroatoms. The van der Waals surface area contributed by atoms with Crippen molar-refractivity contribution < 1.29 is 9.53 Å². The van der Waals surface area contributed by atoms with Gasteiger partial charge in [0.15, 0.2) is 0 Å². The molecule has 0 aliphatic heterocycles. The average molecular weight is 411 g/mol. The van der Waals surface area contributed by atoms with Gasteiger partial charge in [-0.2, -0.15) is 0 Å². The van der Waals surface area contributed by atoms with Crippen LogP contribution in [-0.2, 0) is 15.1 Å². The van der Waals surface area contributed by atoms with Crippen molar-refractivity contribution in [2.75, 3.05) is 0 Å². The minimum atomic E-state index is -0.777. The van der Waals surface area contributed by atoms with E-state index in [1.165, 1.54) is 0 Å². The van der Waals surface area contributed by atoms with Gasteiger partial charge in [0.05, 0.1) is 6.10 Å². The lowest BCUT2D eigenvalue weighted by Gasteiger charge is -2.40. The third-order valence-electron chi connectivity index (χ3n) is 7.73. The number of hydrogen-bond donors (Lipinski definition) is 0. The van der Waals surface area contributed by atoms with Gasteiger partial charge in [-0.25, -0.2) is 0 Å². The predicted octanol–water partition coefficient (Wildman–Crippen LogP) is 6.24. The highest BCUT2D eigenvalue weighted by atomic mass is 16.5. The van der Waals surface area contributed by atoms with Crippen molar-refractivity contribution in [3.05, 3.63) is 108 Å². The Morgan fingerprint density at radius 2 is 1.23 bits per heavy atom. The molecule has 158 valence electrons. The lowest BCUT2D eigenvalue weighted by Crippen LogP contribution is -2.40. The molecule has 0 heterocycles. The molecule has 2 saturated carbocycles. The van der Waals surface area contributed by atoms with Gasteiger partial charge in [0.2, 0.25) is 0 Å². The molecule has 0 saturated heterocycles. The van der Waals surface area contributed by atoms with Gasteiger partial charge < -0.3 is 4.74 Å². The first-order valence-corrected chi connectivity index (χ1v) is 11.3. The number of hydrogen-bond acceptors (Lipinski definition) is 2. The number of Topliss-reactive ketones (excluding diaryl/α,β-unsaturated/α-hetero) is 1. The molecule has 2 nitrogen and oxygen atoms in total. The number of rotatable bonds is 6. The third-order valence-corrected chi connectivity index (χ3v) is 7.73. The number of ether oxygens (including phenoxy) is 1. The summed E-state index contributed by atoms with van der Waals surface area (Å²) in [5.41, 5.74) is 2.70. The van der Waals surface area contributed by atoms with Gasteiger partial charge in [0.25, 0.3) is 0 Å². The quantitative estimate of drug-likeness (QED) is 0.449. The molecule has 0 N–H and O–H groups in total. The van der Waals surface area contributed by atoms with Crippen LogP contribution >= 0.6 is 0 Å². The fourth-order valence-electron chi connectivity index (χ4n) is 6.07. The predicted molar refractivity (Wildman–Crippen MR) is 124 cm³/mol. The van der Waals surface area contributed by atoms with E-state index in [4.69, 9.17) is 4.74 Å². The molecule has 4 unspecified atom stereocenters. The molecule has 3 aromatic rings. The van der Waals surface area contributed by atoms with Gasteiger partial charge >= 0.3 is 0 Å². The molecule has 4 atom stereocenters. The van der Waals surface area contributed by atoms with E-state index >= 15 is 0 Å². The lowest BCUT2D eigenvalue weighted by atomic mass is 9.79. The van der Waals surface area contributed by atoms with E-state index < -0.39 is 5.60 Å². The Kier molecular flexibility index (Phi) is 4.86. The van der Waals surface area contributed by atoms with Crippen molar-refractivity contribution in [1.29, 1.82) is 0 Å². The Labute approximate surface area is 185 Å². The summed E-state index contributed by atoms with van der Waals surface area (Å²) in [6.07, 6.45) is 0.510. The summed E-state index contributed by atoms with van der Waals surface area (Å²) in [5, 5.41) is 0. The minimum Gasteiger partial charge on any atom is -0.357 e. The largest absolute Gasteiger partial charge is 0.357 e. The van der Waals surface area contributed by atoms with Crippen LogP contribution in [-0.4, -0.2) is 11.9 Å². The summed E-state index contributed by atoms with van der Waals surface area (Å²) < 4.78 is 7.12. The van der Waals surface area contributed by atoms with E-state index in [9.17, 15) is 4.79 Å². The van der Waals surface area contributed by atoms with Gasteiger partial charge in [0, 0.05) is 12.3 Å². The third kappa shape index (κ3) is 3.16. The van der Waals surface area contributed by atoms with Crippen molar-refractivity contribution in [1.82, 2.24) is 0 Å². The van der Waals surface area contributed by atoms with Gasteiger partial charge in [0.1, 0.15) is 11.4 Å². The zero-order valence-corrected chi connectivity index (χ0v) is 18.5. The summed E-state index contributed by atoms with van der Waals surface area (Å²) in [7, 11) is 0. The molecule has 3 aromatic carbocycles. The van der Waals surface area contributed by atoms with Crippen LogP contribution in [0.3, 0.4) is 0 Å². The molecule has 0 aromatic heterocycles. The summed E-state index contributed by atoms with van der Waals surface area (Å²) in [5.74, 6) is 1.26. The first kappa shape index (κ1) is 20.2. The summed E-state index contributed by atoms with van der Waals surface area (Å²) in [6.45, 7) is 6.70. The van der Waals surface area contributed by atoms with Crippen molar-refractivity contribution >= 4 is 5.78 Å². The molecular formula is C29H30O2. The molecule has 5 rings (SSSR count). The molecule has 0 bridgehead atoms. The molecule has 2 aliphatic rings. The maximum atomic E-state index is 13.0. The number of benzene rings is 3. The highest BCUT2D eigenvalue weighted by molar-refractivity contribution is 5.86. The molecule has 2 fully saturated rings. The Hall–Kier alpha value is -2.71. The summed E-state index contributed by atoms with van der Waals surface area (Å²) in [4.78, 5) is 13.0. The van der Waals surface area contributed by atoms with Crippen LogP contribution in [0.15, 0.2) is 91.0 Å². The number of carbonyl (C=O) groups is 1. The summed E-state index contributed by atoms with van der Waals surface area (Å²) in [6, 6.07) is 31.3. The Bertz CT molecular complexity index is 959. The highest BCUT2D eigenvalue weighted by Crippen LogP contribution is 2.68. The second-order valence-electron chi connectivity index (χ2n) is 9.75. The van der Waals surface area contributed by atoms with Gasteiger partial charge in [-0.1, -0.05) is 105 Å². The second kappa shape index (κ2) is 7.46. The maximum Gasteiger partial charge on any atom is 0.144 e. The molecule has 0 spiro atoms. The van der Waals surface area contributed by atoms with Gasteiger partial charge in [-0.15, -0.1) is 0 Å². The Morgan fingerprint density at radius 1 is 0.806 bits per heavy atom. The van der Waals surface area contributed by atoms with E-state index in [0.717, 1.165) is 16.7 Å². The van der Waals surface area contributed by atoms with E-state index in [-0.39, 0.29) is 17.4 Å². The zero-order valence-electron chi connectivity index (χ0n) is 18.5. The molecule has 31 heavy (non-hydrogen) atoms. The molecular weight excluding hydrogens is 380 g/mol. The maximum absolute atomic E-state index is 13.0. The Balaban J connectivity index is 1.65. The average Bonchev–Trinajstić information content (AvgIpc) is 3.13. The fraction of sp³-hybridized carbons (Fsp3) is 0.345. The highest BCUT2D eigenvalue weighted by Gasteiger charge is 2.68. The standard InChI is InChI=1S/C29H30O2/c1-20(26-25(30)19-24-27(26)28(24,2)3)31-29(21-13-7-4-8-14-21,22-15-9-5-10-16-22)23-17-11-6-12-18-23/h4-18,20,24,26-27H,19H2,1-3H3. The number of carbonyl (C=O) groups excluding carboxylic acids is 1. The van der Waals surface area contributed by atoms with Crippen molar-refractivity contribution in [2.24, 2.45) is 23.2 Å². The Morgan fingerprint density at radius 3 is 1.61 bits per heavy atom. The van der Waals surface area contributed by atoms with E-state index in [2.05, 4.69) is 93.6 Å². The monoisotopic (exact) mass is 410 g/mol. The van der Waals surface area contributed by atoms with Crippen LogP contribution in [0.1, 0.15) is 43.9 Å². The molecule has 2 aliphatic carbocycles. The van der Waals surface area contributed by atoms with Gasteiger partial charge in [-0.3, -0.25) is 4.79 Å². The first-order chi connectivity index (χ1) is 15.0. The smallest absolute Gasteiger partial charge is 0.144 e. The normalized spacial score (nSPS) is 25.1. The summed E-state index contributed by atoms with van der Waals surface area (Å²) >= 11 is 0. The van der Waals surface area contributed by atoms with Crippen LogP contribution in [0.5, 0.6) is 0 Å².